The van der Waals surface area contributed by atoms with Crippen molar-refractivity contribution in [3.63, 3.8) is 0 Å². The van der Waals surface area contributed by atoms with E-state index in [4.69, 9.17) is 7.85 Å². The van der Waals surface area contributed by atoms with Crippen molar-refractivity contribution >= 4 is 45.6 Å². The molecule has 0 aliphatic carbocycles. The lowest BCUT2D eigenvalue weighted by molar-refractivity contribution is 0.876. The fourth-order valence-electron chi connectivity index (χ4n) is 3.96. The van der Waals surface area contributed by atoms with Gasteiger partial charge in [-0.3, -0.25) is 0 Å². The molecule has 0 heterocycles. The van der Waals surface area contributed by atoms with Gasteiger partial charge in [0, 0.05) is 0 Å². The van der Waals surface area contributed by atoms with Gasteiger partial charge in [0.05, 0.1) is 0 Å². The molecule has 0 bridgehead atoms. The van der Waals surface area contributed by atoms with E-state index in [2.05, 4.69) is 70.2 Å². The second-order valence-electron chi connectivity index (χ2n) is 7.27. The maximum Gasteiger partial charge on any atom is 0.114 e. The van der Waals surface area contributed by atoms with E-state index in [0.29, 0.717) is 11.8 Å². The SMILES string of the molecule is [B]c1cc(C(C)C)c2ccc3ccc(C(C)C)c4ccc1c2c34. The minimum absolute atomic E-state index is 0.464. The molecule has 4 rings (SSSR count). The first kappa shape index (κ1) is 14.6. The maximum atomic E-state index is 6.40. The monoisotopic (exact) mass is 296 g/mol. The van der Waals surface area contributed by atoms with Gasteiger partial charge in [0.25, 0.3) is 0 Å². The molecule has 1 heteroatoms. The highest BCUT2D eigenvalue weighted by Gasteiger charge is 2.16. The molecule has 0 saturated carbocycles. The lowest BCUT2D eigenvalue weighted by atomic mass is 9.80. The highest BCUT2D eigenvalue weighted by Crippen LogP contribution is 2.39. The molecule has 0 spiro atoms. The molecule has 0 amide bonds. The first-order valence-corrected chi connectivity index (χ1v) is 8.48. The van der Waals surface area contributed by atoms with Crippen LogP contribution in [0.15, 0.2) is 42.5 Å². The van der Waals surface area contributed by atoms with Crippen molar-refractivity contribution in [1.29, 1.82) is 0 Å². The van der Waals surface area contributed by atoms with Crippen LogP contribution in [0.2, 0.25) is 0 Å². The van der Waals surface area contributed by atoms with E-state index in [1.165, 1.54) is 43.4 Å². The van der Waals surface area contributed by atoms with Gasteiger partial charge in [-0.05, 0) is 55.3 Å². The first-order chi connectivity index (χ1) is 11.0. The van der Waals surface area contributed by atoms with Gasteiger partial charge in [0.15, 0.2) is 0 Å². The topological polar surface area (TPSA) is 0 Å². The van der Waals surface area contributed by atoms with Gasteiger partial charge in [-0.1, -0.05) is 75.6 Å². The van der Waals surface area contributed by atoms with Gasteiger partial charge in [-0.15, -0.1) is 0 Å². The van der Waals surface area contributed by atoms with Crippen LogP contribution in [-0.4, -0.2) is 7.85 Å². The molecule has 23 heavy (non-hydrogen) atoms. The van der Waals surface area contributed by atoms with Crippen LogP contribution in [0, 0.1) is 0 Å². The molecular weight excluding hydrogens is 275 g/mol. The lowest BCUT2D eigenvalue weighted by Crippen LogP contribution is -2.08. The van der Waals surface area contributed by atoms with Gasteiger partial charge in [-0.25, -0.2) is 0 Å². The predicted octanol–water partition coefficient (Wildman–Crippen LogP) is 5.62. The molecule has 0 saturated heterocycles. The second-order valence-corrected chi connectivity index (χ2v) is 7.27. The third-order valence-corrected chi connectivity index (χ3v) is 5.12. The number of hydrogen-bond donors (Lipinski definition) is 0. The van der Waals surface area contributed by atoms with Crippen molar-refractivity contribution in [3.05, 3.63) is 53.6 Å². The Labute approximate surface area is 139 Å². The van der Waals surface area contributed by atoms with E-state index < -0.39 is 0 Å². The van der Waals surface area contributed by atoms with Crippen molar-refractivity contribution in [2.75, 3.05) is 0 Å². The van der Waals surface area contributed by atoms with Crippen LogP contribution in [0.25, 0.3) is 32.3 Å². The smallest absolute Gasteiger partial charge is 0.0886 e. The van der Waals surface area contributed by atoms with Crippen molar-refractivity contribution in [2.24, 2.45) is 0 Å². The fraction of sp³-hybridized carbons (Fsp3) is 0.273. The van der Waals surface area contributed by atoms with E-state index in [9.17, 15) is 0 Å². The molecule has 0 fully saturated rings. The molecule has 0 aliphatic heterocycles. The molecule has 0 aromatic heterocycles. The summed E-state index contributed by atoms with van der Waals surface area (Å²) >= 11 is 0. The Bertz CT molecular complexity index is 1020. The van der Waals surface area contributed by atoms with Crippen molar-refractivity contribution in [1.82, 2.24) is 0 Å². The van der Waals surface area contributed by atoms with Crippen LogP contribution in [0.5, 0.6) is 0 Å². The molecule has 0 N–H and O–H groups in total. The minimum Gasteiger partial charge on any atom is -0.0886 e. The van der Waals surface area contributed by atoms with E-state index in [0.717, 1.165) is 5.46 Å². The van der Waals surface area contributed by atoms with Gasteiger partial charge >= 0.3 is 0 Å². The quantitative estimate of drug-likeness (QED) is 0.332. The Balaban J connectivity index is 2.31. The average molecular weight is 296 g/mol. The summed E-state index contributed by atoms with van der Waals surface area (Å²) in [5.41, 5.74) is 3.66. The normalized spacial score (nSPS) is 12.4. The van der Waals surface area contributed by atoms with Crippen molar-refractivity contribution in [3.8, 4) is 0 Å². The van der Waals surface area contributed by atoms with Crippen LogP contribution >= 0.6 is 0 Å². The second kappa shape index (κ2) is 4.99. The predicted molar refractivity (Wildman–Crippen MR) is 104 cm³/mol. The molecule has 4 aromatic carbocycles. The molecule has 4 aromatic rings. The van der Waals surface area contributed by atoms with Crippen molar-refractivity contribution in [2.45, 2.75) is 39.5 Å². The highest BCUT2D eigenvalue weighted by molar-refractivity contribution is 6.42. The Morgan fingerprint density at radius 2 is 1.22 bits per heavy atom. The number of benzene rings is 4. The van der Waals surface area contributed by atoms with E-state index in [1.54, 1.807) is 0 Å². The van der Waals surface area contributed by atoms with Crippen LogP contribution in [0.4, 0.5) is 0 Å². The first-order valence-electron chi connectivity index (χ1n) is 8.48. The summed E-state index contributed by atoms with van der Waals surface area (Å²) in [4.78, 5) is 0. The number of hydrogen-bond acceptors (Lipinski definition) is 0. The summed E-state index contributed by atoms with van der Waals surface area (Å²) in [6, 6.07) is 15.7. The van der Waals surface area contributed by atoms with Gasteiger partial charge in [0.2, 0.25) is 0 Å². The summed E-state index contributed by atoms with van der Waals surface area (Å²) in [6.45, 7) is 9.01. The largest absolute Gasteiger partial charge is 0.114 e. The molecule has 0 aliphatic rings. The van der Waals surface area contributed by atoms with Gasteiger partial charge in [-0.2, -0.15) is 0 Å². The van der Waals surface area contributed by atoms with Gasteiger partial charge < -0.3 is 0 Å². The van der Waals surface area contributed by atoms with Crippen LogP contribution in [0.3, 0.4) is 0 Å². The Kier molecular flexibility index (Phi) is 3.16. The summed E-state index contributed by atoms with van der Waals surface area (Å²) in [5, 5.41) is 7.93. The number of rotatable bonds is 2. The fourth-order valence-corrected chi connectivity index (χ4v) is 3.96. The average Bonchev–Trinajstić information content (AvgIpc) is 2.53. The highest BCUT2D eigenvalue weighted by atomic mass is 14.2. The zero-order valence-electron chi connectivity index (χ0n) is 14.3. The maximum absolute atomic E-state index is 6.40. The van der Waals surface area contributed by atoms with Crippen molar-refractivity contribution < 1.29 is 0 Å². The summed E-state index contributed by atoms with van der Waals surface area (Å²) < 4.78 is 0. The van der Waals surface area contributed by atoms with Crippen LogP contribution in [0.1, 0.15) is 50.7 Å². The Morgan fingerprint density at radius 1 is 0.652 bits per heavy atom. The molecule has 112 valence electrons. The summed E-state index contributed by atoms with van der Waals surface area (Å²) in [6.07, 6.45) is 0. The van der Waals surface area contributed by atoms with Crippen LogP contribution < -0.4 is 5.46 Å². The lowest BCUT2D eigenvalue weighted by Gasteiger charge is -2.20. The van der Waals surface area contributed by atoms with E-state index in [-0.39, 0.29) is 0 Å². The Morgan fingerprint density at radius 3 is 1.91 bits per heavy atom. The van der Waals surface area contributed by atoms with E-state index in [1.807, 2.05) is 0 Å². The third kappa shape index (κ3) is 1.99. The zero-order valence-corrected chi connectivity index (χ0v) is 14.3. The standard InChI is InChI=1S/C22H21B/c1-12(2)15-7-5-14-6-8-17-19(13(3)4)11-20(23)18-10-9-16(15)21(14)22(17)18/h5-13H,1-4H3. The molecular formula is C22H21B. The minimum atomic E-state index is 0.464. The summed E-state index contributed by atoms with van der Waals surface area (Å²) in [5.74, 6) is 0.980. The van der Waals surface area contributed by atoms with Crippen LogP contribution in [-0.2, 0) is 0 Å². The zero-order chi connectivity index (χ0) is 16.3. The molecule has 0 nitrogen and oxygen atoms in total. The molecule has 0 atom stereocenters. The molecule has 2 radical (unpaired) electrons. The summed E-state index contributed by atoms with van der Waals surface area (Å²) in [7, 11) is 6.40. The van der Waals surface area contributed by atoms with E-state index >= 15 is 0 Å². The Hall–Kier alpha value is -2.02. The third-order valence-electron chi connectivity index (χ3n) is 5.12. The van der Waals surface area contributed by atoms with Gasteiger partial charge in [0.1, 0.15) is 7.85 Å². The molecule has 0 unspecified atom stereocenters.